The lowest BCUT2D eigenvalue weighted by molar-refractivity contribution is 0.0951. The highest BCUT2D eigenvalue weighted by Gasteiger charge is 2.32. The largest absolute Gasteiger partial charge is 0.451 e. The van der Waals surface area contributed by atoms with Crippen molar-refractivity contribution >= 4 is 51.2 Å². The average Bonchev–Trinajstić information content (AvgIpc) is 3.37. The minimum absolute atomic E-state index is 0.128. The van der Waals surface area contributed by atoms with E-state index in [9.17, 15) is 10.1 Å². The molecule has 0 spiro atoms. The SMILES string of the molecule is CC(C)(C)[C@H]1CCc2c(sc(NC(=S)NC(=O)c3ccc(-c4cccc(Cl)c4)o3)c2C#N)C1. The number of thiocarbonyl (C=S) groups is 1. The van der Waals surface area contributed by atoms with Crippen LogP contribution in [0.1, 0.15) is 53.8 Å². The van der Waals surface area contributed by atoms with Crippen molar-refractivity contribution in [3.8, 4) is 17.4 Å². The Morgan fingerprint density at radius 2 is 2.09 bits per heavy atom. The molecule has 2 heterocycles. The van der Waals surface area contributed by atoms with Gasteiger partial charge in [0.2, 0.25) is 0 Å². The number of anilines is 1. The van der Waals surface area contributed by atoms with E-state index in [0.29, 0.717) is 27.3 Å². The van der Waals surface area contributed by atoms with Crippen LogP contribution in [0.5, 0.6) is 0 Å². The minimum Gasteiger partial charge on any atom is -0.451 e. The van der Waals surface area contributed by atoms with Crippen LogP contribution in [0.4, 0.5) is 5.00 Å². The van der Waals surface area contributed by atoms with Gasteiger partial charge in [-0.2, -0.15) is 5.26 Å². The van der Waals surface area contributed by atoms with Crippen LogP contribution in [0.3, 0.4) is 0 Å². The molecule has 0 unspecified atom stereocenters. The molecule has 1 aromatic carbocycles. The van der Waals surface area contributed by atoms with E-state index in [1.807, 2.05) is 12.1 Å². The van der Waals surface area contributed by atoms with E-state index >= 15 is 0 Å². The van der Waals surface area contributed by atoms with E-state index in [0.717, 1.165) is 30.4 Å². The third-order valence-electron chi connectivity index (χ3n) is 5.99. The van der Waals surface area contributed by atoms with E-state index in [1.165, 1.54) is 4.88 Å². The Labute approximate surface area is 207 Å². The molecule has 170 valence electrons. The van der Waals surface area contributed by atoms with Gasteiger partial charge in [0, 0.05) is 15.5 Å². The van der Waals surface area contributed by atoms with Gasteiger partial charge in [0.15, 0.2) is 10.9 Å². The van der Waals surface area contributed by atoms with Crippen LogP contribution in [0.25, 0.3) is 11.3 Å². The number of nitriles is 1. The second-order valence-corrected chi connectivity index (χ2v) is 11.2. The maximum Gasteiger partial charge on any atom is 0.293 e. The Balaban J connectivity index is 1.45. The Hall–Kier alpha value is -2.66. The van der Waals surface area contributed by atoms with Crippen LogP contribution in [-0.2, 0) is 12.8 Å². The van der Waals surface area contributed by atoms with E-state index < -0.39 is 5.91 Å². The summed E-state index contributed by atoms with van der Waals surface area (Å²) in [4.78, 5) is 13.9. The van der Waals surface area contributed by atoms with Gasteiger partial charge >= 0.3 is 0 Å². The van der Waals surface area contributed by atoms with Crippen molar-refractivity contribution in [2.75, 3.05) is 5.32 Å². The molecule has 8 heteroatoms. The molecule has 2 N–H and O–H groups in total. The number of hydrogen-bond acceptors (Lipinski definition) is 5. The third-order valence-corrected chi connectivity index (χ3v) is 7.60. The van der Waals surface area contributed by atoms with Crippen molar-refractivity contribution < 1.29 is 9.21 Å². The zero-order chi connectivity index (χ0) is 23.8. The first-order chi connectivity index (χ1) is 15.7. The molecule has 1 amide bonds. The number of nitrogens with one attached hydrogen (secondary N) is 2. The molecule has 0 radical (unpaired) electrons. The van der Waals surface area contributed by atoms with E-state index in [2.05, 4.69) is 37.5 Å². The average molecular weight is 498 g/mol. The monoisotopic (exact) mass is 497 g/mol. The van der Waals surface area contributed by atoms with E-state index in [1.54, 1.807) is 35.6 Å². The predicted molar refractivity (Wildman–Crippen MR) is 137 cm³/mol. The summed E-state index contributed by atoms with van der Waals surface area (Å²) in [5, 5.41) is 16.8. The minimum atomic E-state index is -0.464. The van der Waals surface area contributed by atoms with Crippen LogP contribution in [-0.4, -0.2) is 11.0 Å². The molecule has 1 aliphatic rings. The molecule has 4 rings (SSSR count). The van der Waals surface area contributed by atoms with Gasteiger partial charge in [-0.05, 0) is 72.6 Å². The Bertz CT molecular complexity index is 1260. The van der Waals surface area contributed by atoms with Gasteiger partial charge in [-0.15, -0.1) is 11.3 Å². The van der Waals surface area contributed by atoms with Gasteiger partial charge in [0.1, 0.15) is 16.8 Å². The third kappa shape index (κ3) is 5.14. The van der Waals surface area contributed by atoms with Gasteiger partial charge in [-0.25, -0.2) is 0 Å². The summed E-state index contributed by atoms with van der Waals surface area (Å²) in [5.74, 6) is 0.775. The van der Waals surface area contributed by atoms with Crippen LogP contribution in [0.15, 0.2) is 40.8 Å². The number of amides is 1. The number of halogens is 1. The quantitative estimate of drug-likeness (QED) is 0.388. The molecule has 0 saturated carbocycles. The lowest BCUT2D eigenvalue weighted by Gasteiger charge is -2.33. The lowest BCUT2D eigenvalue weighted by atomic mass is 9.72. The first-order valence-electron chi connectivity index (χ1n) is 10.7. The predicted octanol–water partition coefficient (Wildman–Crippen LogP) is 6.81. The molecule has 1 atom stereocenters. The Morgan fingerprint density at radius 3 is 2.79 bits per heavy atom. The number of furan rings is 1. The van der Waals surface area contributed by atoms with Crippen LogP contribution in [0.2, 0.25) is 5.02 Å². The molecule has 5 nitrogen and oxygen atoms in total. The zero-order valence-electron chi connectivity index (χ0n) is 18.6. The van der Waals surface area contributed by atoms with Crippen LogP contribution < -0.4 is 10.6 Å². The number of fused-ring (bicyclic) bond motifs is 1. The molecular weight excluding hydrogens is 474 g/mol. The normalized spacial score (nSPS) is 15.4. The first-order valence-corrected chi connectivity index (χ1v) is 12.3. The highest BCUT2D eigenvalue weighted by Crippen LogP contribution is 2.44. The van der Waals surface area contributed by atoms with Crippen molar-refractivity contribution in [1.29, 1.82) is 5.26 Å². The smallest absolute Gasteiger partial charge is 0.293 e. The van der Waals surface area contributed by atoms with Gasteiger partial charge in [-0.1, -0.05) is 44.5 Å². The second-order valence-electron chi connectivity index (χ2n) is 9.21. The summed E-state index contributed by atoms with van der Waals surface area (Å²) < 4.78 is 5.68. The maximum atomic E-state index is 12.6. The molecule has 0 fully saturated rings. The number of thiophene rings is 1. The number of benzene rings is 1. The van der Waals surface area contributed by atoms with Gasteiger partial charge in [0.25, 0.3) is 5.91 Å². The van der Waals surface area contributed by atoms with Gasteiger partial charge in [-0.3, -0.25) is 10.1 Å². The lowest BCUT2D eigenvalue weighted by Crippen LogP contribution is -2.33. The summed E-state index contributed by atoms with van der Waals surface area (Å²) in [5.41, 5.74) is 2.73. The summed E-state index contributed by atoms with van der Waals surface area (Å²) >= 11 is 12.9. The first kappa shape index (κ1) is 23.5. The number of carbonyl (C=O) groups excluding carboxylic acids is 1. The maximum absolute atomic E-state index is 12.6. The Kier molecular flexibility index (Phi) is 6.62. The molecule has 33 heavy (non-hydrogen) atoms. The van der Waals surface area contributed by atoms with Crippen LogP contribution in [0, 0.1) is 22.7 Å². The molecule has 0 aliphatic heterocycles. The van der Waals surface area contributed by atoms with Crippen molar-refractivity contribution in [3.63, 3.8) is 0 Å². The summed E-state index contributed by atoms with van der Waals surface area (Å²) in [6.07, 6.45) is 2.91. The molecular formula is C25H24ClN3O2S2. The number of carbonyl (C=O) groups is 1. The van der Waals surface area contributed by atoms with E-state index in [4.69, 9.17) is 28.2 Å². The van der Waals surface area contributed by atoms with E-state index in [-0.39, 0.29) is 16.3 Å². The van der Waals surface area contributed by atoms with Gasteiger partial charge in [0.05, 0.1) is 5.56 Å². The molecule has 2 aromatic heterocycles. The topological polar surface area (TPSA) is 78.1 Å². The van der Waals surface area contributed by atoms with Gasteiger partial charge < -0.3 is 9.73 Å². The van der Waals surface area contributed by atoms with Crippen molar-refractivity contribution in [2.24, 2.45) is 11.3 Å². The molecule has 0 saturated heterocycles. The van der Waals surface area contributed by atoms with Crippen molar-refractivity contribution in [1.82, 2.24) is 5.32 Å². The summed E-state index contributed by atoms with van der Waals surface area (Å²) in [6.45, 7) is 6.78. The number of rotatable bonds is 3. The highest BCUT2D eigenvalue weighted by molar-refractivity contribution is 7.80. The summed E-state index contributed by atoms with van der Waals surface area (Å²) in [6, 6.07) is 12.8. The van der Waals surface area contributed by atoms with Crippen molar-refractivity contribution in [2.45, 2.75) is 40.0 Å². The number of nitrogens with zero attached hydrogens (tertiary/aromatic N) is 1. The second kappa shape index (κ2) is 9.30. The summed E-state index contributed by atoms with van der Waals surface area (Å²) in [7, 11) is 0. The fourth-order valence-corrected chi connectivity index (χ4v) is 5.82. The van der Waals surface area contributed by atoms with Crippen molar-refractivity contribution in [3.05, 3.63) is 63.2 Å². The number of hydrogen-bond donors (Lipinski definition) is 2. The molecule has 3 aromatic rings. The van der Waals surface area contributed by atoms with Crippen LogP contribution >= 0.6 is 35.2 Å². The standard InChI is InChI=1S/C25H24ClN3O2S2/c1-25(2,3)15-7-8-17-18(13-27)23(33-21(17)12-15)29-24(32)28-22(30)20-10-9-19(31-20)14-5-4-6-16(26)11-14/h4-6,9-11,15H,7-8,12H2,1-3H3,(H2,28,29,30,32)/t15-/m0/s1. The fourth-order valence-electron chi connectivity index (χ4n) is 4.09. The highest BCUT2D eigenvalue weighted by atomic mass is 35.5. The fraction of sp³-hybridized carbons (Fsp3) is 0.320. The molecule has 1 aliphatic carbocycles. The molecule has 0 bridgehead atoms. The Morgan fingerprint density at radius 1 is 1.30 bits per heavy atom. The zero-order valence-corrected chi connectivity index (χ0v) is 21.0.